The topological polar surface area (TPSA) is 28.2 Å². The highest BCUT2D eigenvalue weighted by Crippen LogP contribution is 2.23. The van der Waals surface area contributed by atoms with Gasteiger partial charge in [0, 0.05) is 25.7 Å². The van der Waals surface area contributed by atoms with Gasteiger partial charge in [-0.25, -0.2) is 4.98 Å². The van der Waals surface area contributed by atoms with Gasteiger partial charge in [0.2, 0.25) is 0 Å². The lowest BCUT2D eigenvalue weighted by atomic mass is 9.95. The largest absolute Gasteiger partial charge is 0.370 e. The predicted molar refractivity (Wildman–Crippen MR) is 81.3 cm³/mol. The molecule has 1 aliphatic heterocycles. The van der Waals surface area contributed by atoms with Crippen LogP contribution >= 0.6 is 0 Å². The molecule has 1 aliphatic rings. The van der Waals surface area contributed by atoms with E-state index in [4.69, 9.17) is 4.98 Å². The molecular formula is C16H27N3. The van der Waals surface area contributed by atoms with Crippen LogP contribution in [0, 0.1) is 5.92 Å². The molecule has 1 N–H and O–H groups in total. The molecule has 0 amide bonds. The number of likely N-dealkylation sites (tertiary alicyclic amines) is 1. The lowest BCUT2D eigenvalue weighted by Gasteiger charge is -2.36. The molecule has 3 nitrogen and oxygen atoms in total. The predicted octanol–water partition coefficient (Wildman–Crippen LogP) is 3.52. The van der Waals surface area contributed by atoms with Gasteiger partial charge >= 0.3 is 0 Å². The lowest BCUT2D eigenvalue weighted by molar-refractivity contribution is 0.116. The maximum Gasteiger partial charge on any atom is 0.126 e. The third kappa shape index (κ3) is 4.20. The number of hydrogen-bond acceptors (Lipinski definition) is 3. The van der Waals surface area contributed by atoms with Gasteiger partial charge in [-0.15, -0.1) is 0 Å². The fourth-order valence-electron chi connectivity index (χ4n) is 2.73. The third-order valence-electron chi connectivity index (χ3n) is 3.97. The Balaban J connectivity index is 1.97. The van der Waals surface area contributed by atoms with E-state index in [1.54, 1.807) is 0 Å². The molecule has 2 atom stereocenters. The Hall–Kier alpha value is -1.09. The Morgan fingerprint density at radius 1 is 1.32 bits per heavy atom. The summed E-state index contributed by atoms with van der Waals surface area (Å²) in [4.78, 5) is 7.28. The first-order chi connectivity index (χ1) is 9.19. The monoisotopic (exact) mass is 261 g/mol. The zero-order chi connectivity index (χ0) is 13.7. The van der Waals surface area contributed by atoms with E-state index in [1.807, 2.05) is 0 Å². The number of piperidine rings is 1. The molecule has 106 valence electrons. The van der Waals surface area contributed by atoms with Crippen LogP contribution < -0.4 is 5.32 Å². The van der Waals surface area contributed by atoms with E-state index in [2.05, 4.69) is 49.2 Å². The SMILES string of the molecule is CCCNc1cccc(CN2CC(C)CCC2C)n1. The summed E-state index contributed by atoms with van der Waals surface area (Å²) < 4.78 is 0. The highest BCUT2D eigenvalue weighted by molar-refractivity contribution is 5.35. The van der Waals surface area contributed by atoms with Crippen LogP contribution in [0.5, 0.6) is 0 Å². The number of nitrogens with one attached hydrogen (secondary N) is 1. The second kappa shape index (κ2) is 6.90. The van der Waals surface area contributed by atoms with Crippen LogP contribution in [0.2, 0.25) is 0 Å². The molecule has 2 rings (SSSR count). The third-order valence-corrected chi connectivity index (χ3v) is 3.97. The highest BCUT2D eigenvalue weighted by Gasteiger charge is 2.22. The molecule has 0 spiro atoms. The highest BCUT2D eigenvalue weighted by atomic mass is 15.2. The van der Waals surface area contributed by atoms with Crippen molar-refractivity contribution in [1.82, 2.24) is 9.88 Å². The normalized spacial score (nSPS) is 24.4. The van der Waals surface area contributed by atoms with E-state index < -0.39 is 0 Å². The number of pyridine rings is 1. The molecule has 0 bridgehead atoms. The number of rotatable bonds is 5. The number of anilines is 1. The Labute approximate surface area is 117 Å². The van der Waals surface area contributed by atoms with Crippen LogP contribution in [0.15, 0.2) is 18.2 Å². The van der Waals surface area contributed by atoms with Crippen LogP contribution in [0.3, 0.4) is 0 Å². The van der Waals surface area contributed by atoms with Gasteiger partial charge in [0.05, 0.1) is 5.69 Å². The van der Waals surface area contributed by atoms with Crippen molar-refractivity contribution in [3.63, 3.8) is 0 Å². The van der Waals surface area contributed by atoms with Crippen LogP contribution in [0.1, 0.15) is 45.7 Å². The van der Waals surface area contributed by atoms with Crippen molar-refractivity contribution >= 4 is 5.82 Å². The van der Waals surface area contributed by atoms with Gasteiger partial charge in [0.25, 0.3) is 0 Å². The number of nitrogens with zero attached hydrogens (tertiary/aromatic N) is 2. The van der Waals surface area contributed by atoms with E-state index in [0.29, 0.717) is 6.04 Å². The first kappa shape index (κ1) is 14.3. The van der Waals surface area contributed by atoms with Gasteiger partial charge in [-0.3, -0.25) is 4.90 Å². The molecule has 1 aromatic rings. The van der Waals surface area contributed by atoms with Gasteiger partial charge < -0.3 is 5.32 Å². The van der Waals surface area contributed by atoms with Crippen LogP contribution in [-0.4, -0.2) is 29.0 Å². The van der Waals surface area contributed by atoms with Gasteiger partial charge in [-0.2, -0.15) is 0 Å². The number of hydrogen-bond donors (Lipinski definition) is 1. The lowest BCUT2D eigenvalue weighted by Crippen LogP contribution is -2.40. The van der Waals surface area contributed by atoms with Crippen LogP contribution in [0.25, 0.3) is 0 Å². The Bertz CT molecular complexity index is 391. The maximum atomic E-state index is 4.71. The van der Waals surface area contributed by atoms with E-state index in [0.717, 1.165) is 31.2 Å². The fraction of sp³-hybridized carbons (Fsp3) is 0.688. The minimum Gasteiger partial charge on any atom is -0.370 e. The Morgan fingerprint density at radius 3 is 2.95 bits per heavy atom. The Kier molecular flexibility index (Phi) is 5.20. The summed E-state index contributed by atoms with van der Waals surface area (Å²) in [7, 11) is 0. The molecule has 3 heteroatoms. The second-order valence-corrected chi connectivity index (χ2v) is 5.90. The zero-order valence-electron chi connectivity index (χ0n) is 12.5. The molecule has 1 fully saturated rings. The minimum absolute atomic E-state index is 0.685. The van der Waals surface area contributed by atoms with Crippen LogP contribution in [-0.2, 0) is 6.54 Å². The zero-order valence-corrected chi connectivity index (χ0v) is 12.5. The standard InChI is InChI=1S/C16H27N3/c1-4-10-17-16-7-5-6-15(18-16)12-19-11-13(2)8-9-14(19)3/h5-7,13-14H,4,8-12H2,1-3H3,(H,17,18). The van der Waals surface area contributed by atoms with Crippen molar-refractivity contribution < 1.29 is 0 Å². The van der Waals surface area contributed by atoms with E-state index >= 15 is 0 Å². The summed E-state index contributed by atoms with van der Waals surface area (Å²) in [5, 5.41) is 3.36. The van der Waals surface area contributed by atoms with Gasteiger partial charge in [-0.05, 0) is 44.2 Å². The number of aromatic nitrogens is 1. The summed E-state index contributed by atoms with van der Waals surface area (Å²) in [6.45, 7) is 10.0. The second-order valence-electron chi connectivity index (χ2n) is 5.90. The molecule has 1 aromatic heterocycles. The van der Waals surface area contributed by atoms with Crippen molar-refractivity contribution in [2.24, 2.45) is 5.92 Å². The molecule has 0 aliphatic carbocycles. The summed E-state index contributed by atoms with van der Waals surface area (Å²) in [6.07, 6.45) is 3.81. The average Bonchev–Trinajstić information content (AvgIpc) is 2.41. The van der Waals surface area contributed by atoms with Crippen molar-refractivity contribution in [3.05, 3.63) is 23.9 Å². The van der Waals surface area contributed by atoms with Crippen LogP contribution in [0.4, 0.5) is 5.82 Å². The summed E-state index contributed by atoms with van der Waals surface area (Å²) in [5.74, 6) is 1.83. The molecular weight excluding hydrogens is 234 g/mol. The summed E-state index contributed by atoms with van der Waals surface area (Å²) >= 11 is 0. The molecule has 0 radical (unpaired) electrons. The molecule has 0 aromatic carbocycles. The average molecular weight is 261 g/mol. The maximum absolute atomic E-state index is 4.71. The van der Waals surface area contributed by atoms with E-state index in [9.17, 15) is 0 Å². The van der Waals surface area contributed by atoms with Gasteiger partial charge in [0.15, 0.2) is 0 Å². The first-order valence-corrected chi connectivity index (χ1v) is 7.63. The van der Waals surface area contributed by atoms with Crippen molar-refractivity contribution in [3.8, 4) is 0 Å². The van der Waals surface area contributed by atoms with E-state index in [1.165, 1.54) is 25.1 Å². The molecule has 1 saturated heterocycles. The summed E-state index contributed by atoms with van der Waals surface area (Å²) in [6, 6.07) is 6.99. The van der Waals surface area contributed by atoms with Gasteiger partial charge in [0.1, 0.15) is 5.82 Å². The molecule has 2 heterocycles. The molecule has 2 unspecified atom stereocenters. The molecule has 19 heavy (non-hydrogen) atoms. The van der Waals surface area contributed by atoms with E-state index in [-0.39, 0.29) is 0 Å². The quantitative estimate of drug-likeness (QED) is 0.879. The van der Waals surface area contributed by atoms with Gasteiger partial charge in [-0.1, -0.05) is 19.9 Å². The molecule has 0 saturated carbocycles. The Morgan fingerprint density at radius 2 is 2.16 bits per heavy atom. The minimum atomic E-state index is 0.685. The summed E-state index contributed by atoms with van der Waals surface area (Å²) in [5.41, 5.74) is 1.18. The van der Waals surface area contributed by atoms with Crippen molar-refractivity contribution in [1.29, 1.82) is 0 Å². The van der Waals surface area contributed by atoms with Crippen molar-refractivity contribution in [2.75, 3.05) is 18.4 Å². The fourth-order valence-corrected chi connectivity index (χ4v) is 2.73. The first-order valence-electron chi connectivity index (χ1n) is 7.63. The van der Waals surface area contributed by atoms with Crippen molar-refractivity contribution in [2.45, 2.75) is 52.6 Å². The smallest absolute Gasteiger partial charge is 0.126 e.